The van der Waals surface area contributed by atoms with Gasteiger partial charge in [0.05, 0.1) is 17.4 Å². The van der Waals surface area contributed by atoms with E-state index in [1.54, 1.807) is 18.1 Å². The molecule has 7 heteroatoms. The Bertz CT molecular complexity index is 974. The lowest BCUT2D eigenvalue weighted by Gasteiger charge is -2.21. The summed E-state index contributed by atoms with van der Waals surface area (Å²) in [7, 11) is 5.61. The lowest BCUT2D eigenvalue weighted by molar-refractivity contribution is 0.0983. The number of fused-ring (bicyclic) bond motifs is 1. The molecule has 0 atom stereocenters. The molecule has 0 fully saturated rings. The molecular weight excluding hydrogens is 362 g/mol. The van der Waals surface area contributed by atoms with Crippen molar-refractivity contribution in [2.24, 2.45) is 0 Å². The van der Waals surface area contributed by atoms with Crippen molar-refractivity contribution in [3.63, 3.8) is 0 Å². The van der Waals surface area contributed by atoms with Gasteiger partial charge in [-0.05, 0) is 52.6 Å². The number of aryl methyl sites for hydroxylation is 3. The lowest BCUT2D eigenvalue weighted by Crippen LogP contribution is -2.36. The monoisotopic (exact) mass is 387 g/mol. The highest BCUT2D eigenvalue weighted by Crippen LogP contribution is 2.37. The molecular formula is C20H25N3O3S. The Kier molecular flexibility index (Phi) is 5.53. The summed E-state index contributed by atoms with van der Waals surface area (Å²) in [6.45, 7) is 6.97. The number of thiazole rings is 1. The van der Waals surface area contributed by atoms with Crippen LogP contribution in [0, 0.1) is 20.8 Å². The molecule has 1 amide bonds. The third-order valence-corrected chi connectivity index (χ3v) is 5.64. The Morgan fingerprint density at radius 2 is 1.96 bits per heavy atom. The Balaban J connectivity index is 2.08. The molecule has 6 nitrogen and oxygen atoms in total. The third kappa shape index (κ3) is 3.84. The molecule has 0 aliphatic rings. The number of carbonyl (C=O) groups excluding carboxylic acids is 1. The molecule has 0 spiro atoms. The minimum atomic E-state index is -0.0955. The first-order valence-electron chi connectivity index (χ1n) is 8.79. The number of benzene rings is 1. The summed E-state index contributed by atoms with van der Waals surface area (Å²) in [6.07, 6.45) is 0. The number of ether oxygens (including phenoxy) is 1. The van der Waals surface area contributed by atoms with Gasteiger partial charge in [0.2, 0.25) is 0 Å². The topological polar surface area (TPSA) is 58.8 Å². The van der Waals surface area contributed by atoms with Crippen LogP contribution in [0.1, 0.15) is 27.4 Å². The van der Waals surface area contributed by atoms with Crippen LogP contribution in [-0.4, -0.2) is 50.1 Å². The van der Waals surface area contributed by atoms with Gasteiger partial charge >= 0.3 is 0 Å². The minimum absolute atomic E-state index is 0.0955. The normalized spacial score (nSPS) is 11.4. The third-order valence-electron chi connectivity index (χ3n) is 4.43. The molecule has 3 rings (SSSR count). The van der Waals surface area contributed by atoms with Crippen molar-refractivity contribution in [3.8, 4) is 5.75 Å². The van der Waals surface area contributed by atoms with Crippen molar-refractivity contribution in [1.29, 1.82) is 0 Å². The lowest BCUT2D eigenvalue weighted by atomic mass is 10.2. The molecule has 0 N–H and O–H groups in total. The molecule has 1 aromatic carbocycles. The fraction of sp³-hybridized carbons (Fsp3) is 0.400. The van der Waals surface area contributed by atoms with Crippen molar-refractivity contribution < 1.29 is 13.9 Å². The van der Waals surface area contributed by atoms with E-state index in [9.17, 15) is 4.79 Å². The summed E-state index contributed by atoms with van der Waals surface area (Å²) in [5, 5.41) is 0.669. The number of nitrogens with zero attached hydrogens (tertiary/aromatic N) is 3. The maximum Gasteiger partial charge on any atom is 0.263 e. The van der Waals surface area contributed by atoms with Gasteiger partial charge in [-0.15, -0.1) is 0 Å². The average molecular weight is 388 g/mol. The molecule has 0 aliphatic heterocycles. The molecule has 144 valence electrons. The van der Waals surface area contributed by atoms with Crippen LogP contribution >= 0.6 is 11.3 Å². The Hall–Kier alpha value is -2.38. The van der Waals surface area contributed by atoms with E-state index >= 15 is 0 Å². The summed E-state index contributed by atoms with van der Waals surface area (Å²) in [5.41, 5.74) is 2.49. The van der Waals surface area contributed by atoms with Crippen molar-refractivity contribution in [1.82, 2.24) is 9.88 Å². The van der Waals surface area contributed by atoms with Gasteiger partial charge in [-0.3, -0.25) is 9.69 Å². The van der Waals surface area contributed by atoms with Crippen LogP contribution in [0.25, 0.3) is 10.2 Å². The molecule has 27 heavy (non-hydrogen) atoms. The van der Waals surface area contributed by atoms with Gasteiger partial charge in [0.1, 0.15) is 22.8 Å². The molecule has 0 aliphatic carbocycles. The number of hydrogen-bond acceptors (Lipinski definition) is 6. The Labute approximate surface area is 163 Å². The molecule has 0 radical (unpaired) electrons. The first kappa shape index (κ1) is 19.4. The number of carbonyl (C=O) groups is 1. The van der Waals surface area contributed by atoms with Crippen LogP contribution in [0.4, 0.5) is 5.13 Å². The van der Waals surface area contributed by atoms with E-state index in [-0.39, 0.29) is 5.91 Å². The van der Waals surface area contributed by atoms with Crippen LogP contribution in [0.15, 0.2) is 22.6 Å². The molecule has 0 saturated carbocycles. The van der Waals surface area contributed by atoms with Gasteiger partial charge in [0, 0.05) is 13.1 Å². The van der Waals surface area contributed by atoms with Crippen LogP contribution in [-0.2, 0) is 0 Å². The highest BCUT2D eigenvalue weighted by molar-refractivity contribution is 7.22. The second-order valence-electron chi connectivity index (χ2n) is 6.85. The molecule has 3 aromatic rings. The number of hydrogen-bond donors (Lipinski definition) is 0. The van der Waals surface area contributed by atoms with Crippen molar-refractivity contribution >= 4 is 32.6 Å². The summed E-state index contributed by atoms with van der Waals surface area (Å²) in [5.74, 6) is 1.97. The molecule has 2 heterocycles. The maximum absolute atomic E-state index is 13.3. The zero-order valence-corrected chi connectivity index (χ0v) is 17.4. The summed E-state index contributed by atoms with van der Waals surface area (Å²) in [4.78, 5) is 21.8. The molecule has 0 unspecified atom stereocenters. The molecule has 0 saturated heterocycles. The number of furan rings is 1. The average Bonchev–Trinajstić information content (AvgIpc) is 3.19. The van der Waals surface area contributed by atoms with Gasteiger partial charge < -0.3 is 14.1 Å². The molecule has 2 aromatic heterocycles. The smallest absolute Gasteiger partial charge is 0.263 e. The predicted molar refractivity (Wildman–Crippen MR) is 109 cm³/mol. The van der Waals surface area contributed by atoms with Gasteiger partial charge in [0.15, 0.2) is 5.13 Å². The van der Waals surface area contributed by atoms with E-state index in [2.05, 4.69) is 0 Å². The maximum atomic E-state index is 13.3. The summed E-state index contributed by atoms with van der Waals surface area (Å²) in [6, 6.07) is 5.72. The van der Waals surface area contributed by atoms with E-state index in [1.165, 1.54) is 11.3 Å². The van der Waals surface area contributed by atoms with E-state index in [0.717, 1.165) is 28.1 Å². The number of rotatable bonds is 6. The Morgan fingerprint density at radius 3 is 2.56 bits per heavy atom. The second kappa shape index (κ2) is 7.70. The van der Waals surface area contributed by atoms with Gasteiger partial charge in [0.25, 0.3) is 5.91 Å². The zero-order chi connectivity index (χ0) is 19.7. The fourth-order valence-corrected chi connectivity index (χ4v) is 4.03. The number of methoxy groups -OCH3 is 1. The van der Waals surface area contributed by atoms with Crippen LogP contribution in [0.3, 0.4) is 0 Å². The van der Waals surface area contributed by atoms with Crippen LogP contribution in [0.2, 0.25) is 0 Å². The first-order chi connectivity index (χ1) is 12.8. The van der Waals surface area contributed by atoms with Gasteiger partial charge in [-0.25, -0.2) is 4.98 Å². The van der Waals surface area contributed by atoms with Gasteiger partial charge in [-0.2, -0.15) is 0 Å². The highest BCUT2D eigenvalue weighted by atomic mass is 32.1. The zero-order valence-electron chi connectivity index (χ0n) is 16.6. The van der Waals surface area contributed by atoms with E-state index in [1.807, 2.05) is 51.9 Å². The number of amides is 1. The number of anilines is 1. The van der Waals surface area contributed by atoms with E-state index in [0.29, 0.717) is 28.7 Å². The fourth-order valence-electron chi connectivity index (χ4n) is 2.95. The second-order valence-corrected chi connectivity index (χ2v) is 7.82. The van der Waals surface area contributed by atoms with E-state index < -0.39 is 0 Å². The van der Waals surface area contributed by atoms with Crippen molar-refractivity contribution in [3.05, 3.63) is 40.8 Å². The number of likely N-dealkylation sites (N-methyl/N-ethyl adjacent to an activating group) is 1. The van der Waals surface area contributed by atoms with Gasteiger partial charge in [-0.1, -0.05) is 17.4 Å². The van der Waals surface area contributed by atoms with Crippen LogP contribution < -0.4 is 9.64 Å². The van der Waals surface area contributed by atoms with Crippen molar-refractivity contribution in [2.75, 3.05) is 39.2 Å². The SMILES string of the molecule is COc1ccc(C)c2sc(N(CCN(C)C)C(=O)c3cc(C)oc3C)nc12. The Morgan fingerprint density at radius 1 is 1.22 bits per heavy atom. The summed E-state index contributed by atoms with van der Waals surface area (Å²) < 4.78 is 12.1. The predicted octanol–water partition coefficient (Wildman–Crippen LogP) is 4.03. The highest BCUT2D eigenvalue weighted by Gasteiger charge is 2.25. The summed E-state index contributed by atoms with van der Waals surface area (Å²) >= 11 is 1.51. The van der Waals surface area contributed by atoms with Crippen LogP contribution in [0.5, 0.6) is 5.75 Å². The molecule has 0 bridgehead atoms. The van der Waals surface area contributed by atoms with Crippen molar-refractivity contribution in [2.45, 2.75) is 20.8 Å². The quantitative estimate of drug-likeness (QED) is 0.639. The first-order valence-corrected chi connectivity index (χ1v) is 9.61. The minimum Gasteiger partial charge on any atom is -0.494 e. The standard InChI is InChI=1S/C20H25N3O3S/c1-12-7-8-16(25-6)17-18(12)27-20(21-17)23(10-9-22(4)5)19(24)15-11-13(2)26-14(15)3/h7-8,11H,9-10H2,1-6H3. The van der Waals surface area contributed by atoms with E-state index in [4.69, 9.17) is 14.1 Å². The largest absolute Gasteiger partial charge is 0.494 e. The number of aromatic nitrogens is 1.